The van der Waals surface area contributed by atoms with Crippen LogP contribution in [0.2, 0.25) is 0 Å². The molecule has 10 heavy (non-hydrogen) atoms. The second kappa shape index (κ2) is 2.26. The zero-order valence-electron chi connectivity index (χ0n) is 6.21. The van der Waals surface area contributed by atoms with E-state index in [0.29, 0.717) is 6.04 Å². The Labute approximate surface area is 61.5 Å². The summed E-state index contributed by atoms with van der Waals surface area (Å²) in [7, 11) is 0. The summed E-state index contributed by atoms with van der Waals surface area (Å²) < 4.78 is 0. The van der Waals surface area contributed by atoms with Crippen LogP contribution in [0.1, 0.15) is 32.1 Å². The molecule has 1 saturated carbocycles. The van der Waals surface area contributed by atoms with E-state index in [-0.39, 0.29) is 0 Å². The van der Waals surface area contributed by atoms with E-state index in [2.05, 4.69) is 4.99 Å². The minimum atomic E-state index is 0.605. The highest BCUT2D eigenvalue weighted by molar-refractivity contribution is 5.81. The molecule has 2 nitrogen and oxygen atoms in total. The molecule has 2 N–H and O–H groups in total. The fourth-order valence-electron chi connectivity index (χ4n) is 2.13. The van der Waals surface area contributed by atoms with Gasteiger partial charge in [-0.05, 0) is 25.2 Å². The van der Waals surface area contributed by atoms with Crippen LogP contribution in [0.15, 0.2) is 4.99 Å². The third-order valence-corrected chi connectivity index (χ3v) is 2.72. The largest absolute Gasteiger partial charge is 0.387 e. The van der Waals surface area contributed by atoms with Gasteiger partial charge in [-0.25, -0.2) is 0 Å². The number of nitrogens with zero attached hydrogens (tertiary/aromatic N) is 1. The number of hydrogen-bond acceptors (Lipinski definition) is 2. The summed E-state index contributed by atoms with van der Waals surface area (Å²) in [6, 6.07) is 0.605. The Morgan fingerprint density at radius 2 is 2.20 bits per heavy atom. The molecule has 0 aromatic rings. The lowest BCUT2D eigenvalue weighted by Gasteiger charge is -2.21. The van der Waals surface area contributed by atoms with Crippen LogP contribution in [-0.2, 0) is 0 Å². The maximum absolute atomic E-state index is 5.64. The summed E-state index contributed by atoms with van der Waals surface area (Å²) in [5.74, 6) is 1.77. The zero-order chi connectivity index (χ0) is 6.97. The molecule has 2 aliphatic rings. The molecule has 2 heteroatoms. The van der Waals surface area contributed by atoms with E-state index in [4.69, 9.17) is 5.73 Å². The van der Waals surface area contributed by atoms with Gasteiger partial charge in [-0.3, -0.25) is 4.99 Å². The molecule has 0 bridgehead atoms. The van der Waals surface area contributed by atoms with Crippen molar-refractivity contribution >= 4 is 5.84 Å². The van der Waals surface area contributed by atoms with E-state index in [9.17, 15) is 0 Å². The summed E-state index contributed by atoms with van der Waals surface area (Å²) in [6.45, 7) is 0. The molecule has 56 valence electrons. The topological polar surface area (TPSA) is 38.4 Å². The maximum Gasteiger partial charge on any atom is 0.0940 e. The van der Waals surface area contributed by atoms with Crippen molar-refractivity contribution in [2.24, 2.45) is 16.6 Å². The first-order chi connectivity index (χ1) is 4.86. The van der Waals surface area contributed by atoms with Crippen LogP contribution < -0.4 is 5.73 Å². The molecule has 0 aromatic carbocycles. The van der Waals surface area contributed by atoms with E-state index >= 15 is 0 Å². The maximum atomic E-state index is 5.64. The lowest BCUT2D eigenvalue weighted by Crippen LogP contribution is -2.25. The normalized spacial score (nSPS) is 39.0. The van der Waals surface area contributed by atoms with Gasteiger partial charge in [-0.1, -0.05) is 6.42 Å². The predicted octanol–water partition coefficient (Wildman–Crippen LogP) is 1.31. The number of hydrogen-bond donors (Lipinski definition) is 1. The molecule has 1 heterocycles. The molecule has 2 atom stereocenters. The first kappa shape index (κ1) is 6.20. The Bertz CT molecular complexity index is 163. The Kier molecular flexibility index (Phi) is 1.40. The third-order valence-electron chi connectivity index (χ3n) is 2.72. The average molecular weight is 138 g/mol. The van der Waals surface area contributed by atoms with Gasteiger partial charge < -0.3 is 5.73 Å². The molecule has 0 aromatic heterocycles. The van der Waals surface area contributed by atoms with Crippen LogP contribution in [-0.4, -0.2) is 11.9 Å². The number of nitrogens with two attached hydrogens (primary N) is 1. The number of fused-ring (bicyclic) bond motifs is 1. The van der Waals surface area contributed by atoms with Crippen molar-refractivity contribution < 1.29 is 0 Å². The van der Waals surface area contributed by atoms with Crippen LogP contribution in [0.3, 0.4) is 0 Å². The second-order valence-corrected chi connectivity index (χ2v) is 3.42. The van der Waals surface area contributed by atoms with Gasteiger partial charge in [0.25, 0.3) is 0 Å². The van der Waals surface area contributed by atoms with E-state index in [0.717, 1.165) is 18.2 Å². The highest BCUT2D eigenvalue weighted by Gasteiger charge is 2.29. The van der Waals surface area contributed by atoms with Gasteiger partial charge in [0, 0.05) is 6.42 Å². The molecule has 1 aliphatic heterocycles. The van der Waals surface area contributed by atoms with Crippen molar-refractivity contribution in [2.45, 2.75) is 38.1 Å². The standard InChI is InChI=1S/C8H14N2/c9-8-5-4-6-2-1-3-7(6)10-8/h6-7H,1-5H2,(H2,9,10). The van der Waals surface area contributed by atoms with Crippen LogP contribution in [0.5, 0.6) is 0 Å². The molecular formula is C8H14N2. The third kappa shape index (κ3) is 0.917. The lowest BCUT2D eigenvalue weighted by atomic mass is 9.95. The minimum Gasteiger partial charge on any atom is -0.387 e. The smallest absolute Gasteiger partial charge is 0.0940 e. The second-order valence-electron chi connectivity index (χ2n) is 3.42. The van der Waals surface area contributed by atoms with Gasteiger partial charge in [-0.15, -0.1) is 0 Å². The molecular weight excluding hydrogens is 124 g/mol. The fourth-order valence-corrected chi connectivity index (χ4v) is 2.13. The van der Waals surface area contributed by atoms with Crippen molar-refractivity contribution in [3.63, 3.8) is 0 Å². The first-order valence-corrected chi connectivity index (χ1v) is 4.18. The molecule has 0 amide bonds. The predicted molar refractivity (Wildman–Crippen MR) is 42.0 cm³/mol. The Morgan fingerprint density at radius 3 is 3.10 bits per heavy atom. The Balaban J connectivity index is 2.13. The van der Waals surface area contributed by atoms with Gasteiger partial charge >= 0.3 is 0 Å². The highest BCUT2D eigenvalue weighted by Crippen LogP contribution is 2.34. The van der Waals surface area contributed by atoms with Crippen LogP contribution >= 0.6 is 0 Å². The molecule has 0 saturated heterocycles. The first-order valence-electron chi connectivity index (χ1n) is 4.18. The van der Waals surface area contributed by atoms with Gasteiger partial charge in [0.05, 0.1) is 11.9 Å². The molecule has 1 fully saturated rings. The monoisotopic (exact) mass is 138 g/mol. The van der Waals surface area contributed by atoms with Crippen molar-refractivity contribution in [1.82, 2.24) is 0 Å². The van der Waals surface area contributed by atoms with E-state index in [1.165, 1.54) is 25.7 Å². The van der Waals surface area contributed by atoms with Crippen molar-refractivity contribution in [3.05, 3.63) is 0 Å². The molecule has 0 spiro atoms. The van der Waals surface area contributed by atoms with Crippen LogP contribution in [0.4, 0.5) is 0 Å². The molecule has 0 radical (unpaired) electrons. The minimum absolute atomic E-state index is 0.605. The van der Waals surface area contributed by atoms with Gasteiger partial charge in [0.2, 0.25) is 0 Å². The quantitative estimate of drug-likeness (QED) is 0.538. The SMILES string of the molecule is NC1=NC2CCCC2CC1. The molecule has 2 unspecified atom stereocenters. The van der Waals surface area contributed by atoms with E-state index < -0.39 is 0 Å². The van der Waals surface area contributed by atoms with Crippen LogP contribution in [0, 0.1) is 5.92 Å². The summed E-state index contributed by atoms with van der Waals surface area (Å²) >= 11 is 0. The summed E-state index contributed by atoms with van der Waals surface area (Å²) in [6.07, 6.45) is 6.38. The summed E-state index contributed by atoms with van der Waals surface area (Å²) in [5.41, 5.74) is 5.64. The number of rotatable bonds is 0. The van der Waals surface area contributed by atoms with Crippen molar-refractivity contribution in [1.29, 1.82) is 0 Å². The number of amidine groups is 1. The summed E-state index contributed by atoms with van der Waals surface area (Å²) in [4.78, 5) is 4.44. The van der Waals surface area contributed by atoms with Crippen LogP contribution in [0.25, 0.3) is 0 Å². The fraction of sp³-hybridized carbons (Fsp3) is 0.875. The summed E-state index contributed by atoms with van der Waals surface area (Å²) in [5, 5.41) is 0. The molecule has 1 aliphatic carbocycles. The number of aliphatic imine (C=N–C) groups is 1. The van der Waals surface area contributed by atoms with E-state index in [1.54, 1.807) is 0 Å². The zero-order valence-corrected chi connectivity index (χ0v) is 6.21. The van der Waals surface area contributed by atoms with Gasteiger partial charge in [-0.2, -0.15) is 0 Å². The van der Waals surface area contributed by atoms with Gasteiger partial charge in [0.15, 0.2) is 0 Å². The van der Waals surface area contributed by atoms with Crippen molar-refractivity contribution in [2.75, 3.05) is 0 Å². The average Bonchev–Trinajstić information content (AvgIpc) is 2.33. The van der Waals surface area contributed by atoms with E-state index in [1.807, 2.05) is 0 Å². The Hall–Kier alpha value is -0.530. The molecule has 2 rings (SSSR count). The Morgan fingerprint density at radius 1 is 1.30 bits per heavy atom. The van der Waals surface area contributed by atoms with Gasteiger partial charge in [0.1, 0.15) is 0 Å². The highest BCUT2D eigenvalue weighted by atomic mass is 14.9. The van der Waals surface area contributed by atoms with Crippen molar-refractivity contribution in [3.8, 4) is 0 Å². The lowest BCUT2D eigenvalue weighted by molar-refractivity contribution is 0.437.